The Kier molecular flexibility index (Phi) is 5.22. The van der Waals surface area contributed by atoms with Gasteiger partial charge in [0.2, 0.25) is 0 Å². The van der Waals surface area contributed by atoms with Crippen LogP contribution in [0.4, 0.5) is 5.13 Å². The zero-order chi connectivity index (χ0) is 13.8. The zero-order valence-corrected chi connectivity index (χ0v) is 13.5. The van der Waals surface area contributed by atoms with E-state index in [-0.39, 0.29) is 0 Å². The van der Waals surface area contributed by atoms with Gasteiger partial charge in [-0.25, -0.2) is 4.98 Å². The third kappa shape index (κ3) is 3.93. The van der Waals surface area contributed by atoms with Crippen LogP contribution in [0.1, 0.15) is 50.6 Å². The summed E-state index contributed by atoms with van der Waals surface area (Å²) in [6.07, 6.45) is 4.01. The Morgan fingerprint density at radius 2 is 2.26 bits per heavy atom. The first-order valence-electron chi connectivity index (χ1n) is 7.54. The second kappa shape index (κ2) is 6.71. The van der Waals surface area contributed by atoms with Crippen molar-refractivity contribution < 1.29 is 0 Å². The molecule has 0 aromatic carbocycles. The van der Waals surface area contributed by atoms with Gasteiger partial charge in [-0.2, -0.15) is 0 Å². The smallest absolute Gasteiger partial charge is 0.185 e. The number of hydrogen-bond acceptors (Lipinski definition) is 4. The SMILES string of the molecule is CCCC1CCN(c2nc(C)c(CNC(C)C)s2)C1. The van der Waals surface area contributed by atoms with E-state index in [0.717, 1.165) is 12.5 Å². The molecular formula is C15H27N3S. The van der Waals surface area contributed by atoms with Crippen LogP contribution < -0.4 is 10.2 Å². The molecule has 1 aliphatic heterocycles. The number of rotatable bonds is 6. The number of thiazole rings is 1. The van der Waals surface area contributed by atoms with Gasteiger partial charge in [-0.3, -0.25) is 0 Å². The Hall–Kier alpha value is -0.610. The fourth-order valence-corrected chi connectivity index (χ4v) is 3.71. The lowest BCUT2D eigenvalue weighted by atomic mass is 10.0. The summed E-state index contributed by atoms with van der Waals surface area (Å²) >= 11 is 1.87. The van der Waals surface area contributed by atoms with Gasteiger partial charge in [-0.05, 0) is 25.7 Å². The van der Waals surface area contributed by atoms with Crippen LogP contribution in [0.2, 0.25) is 0 Å². The Balaban J connectivity index is 1.96. The minimum atomic E-state index is 0.533. The van der Waals surface area contributed by atoms with Gasteiger partial charge in [0.1, 0.15) is 0 Å². The average Bonchev–Trinajstić information content (AvgIpc) is 2.94. The third-order valence-corrected chi connectivity index (χ3v) is 5.02. The second-order valence-electron chi connectivity index (χ2n) is 5.93. The lowest BCUT2D eigenvalue weighted by Gasteiger charge is -2.14. The molecule has 1 aromatic rings. The molecule has 0 spiro atoms. The molecule has 0 amide bonds. The largest absolute Gasteiger partial charge is 0.348 e. The topological polar surface area (TPSA) is 28.2 Å². The van der Waals surface area contributed by atoms with Crippen molar-refractivity contribution in [1.82, 2.24) is 10.3 Å². The van der Waals surface area contributed by atoms with Crippen LogP contribution in [0.5, 0.6) is 0 Å². The average molecular weight is 281 g/mol. The summed E-state index contributed by atoms with van der Waals surface area (Å²) in [7, 11) is 0. The zero-order valence-electron chi connectivity index (χ0n) is 12.7. The summed E-state index contributed by atoms with van der Waals surface area (Å²) in [5.41, 5.74) is 1.20. The summed E-state index contributed by atoms with van der Waals surface area (Å²) in [5, 5.41) is 4.72. The summed E-state index contributed by atoms with van der Waals surface area (Å²) in [5.74, 6) is 0.881. The first-order chi connectivity index (χ1) is 9.10. The summed E-state index contributed by atoms with van der Waals surface area (Å²) < 4.78 is 0. The summed E-state index contributed by atoms with van der Waals surface area (Å²) in [4.78, 5) is 8.64. The molecule has 1 fully saturated rings. The highest BCUT2D eigenvalue weighted by atomic mass is 32.1. The molecule has 0 aliphatic carbocycles. The Morgan fingerprint density at radius 1 is 1.47 bits per heavy atom. The van der Waals surface area contributed by atoms with E-state index in [9.17, 15) is 0 Å². The third-order valence-electron chi connectivity index (χ3n) is 3.81. The lowest BCUT2D eigenvalue weighted by molar-refractivity contribution is 0.530. The van der Waals surface area contributed by atoms with Crippen LogP contribution in [0, 0.1) is 12.8 Å². The number of aromatic nitrogens is 1. The van der Waals surface area contributed by atoms with Gasteiger partial charge in [0.25, 0.3) is 0 Å². The fraction of sp³-hybridized carbons (Fsp3) is 0.800. The van der Waals surface area contributed by atoms with E-state index < -0.39 is 0 Å². The molecule has 1 aliphatic rings. The monoisotopic (exact) mass is 281 g/mol. The van der Waals surface area contributed by atoms with Gasteiger partial charge in [0.15, 0.2) is 5.13 Å². The number of hydrogen-bond donors (Lipinski definition) is 1. The molecule has 3 nitrogen and oxygen atoms in total. The van der Waals surface area contributed by atoms with Gasteiger partial charge in [0.05, 0.1) is 5.69 Å². The van der Waals surface area contributed by atoms with Crippen molar-refractivity contribution in [3.8, 4) is 0 Å². The van der Waals surface area contributed by atoms with E-state index in [1.165, 1.54) is 48.1 Å². The molecule has 1 saturated heterocycles. The van der Waals surface area contributed by atoms with E-state index in [1.807, 2.05) is 11.3 Å². The number of nitrogens with one attached hydrogen (secondary N) is 1. The molecule has 1 N–H and O–H groups in total. The first kappa shape index (κ1) is 14.8. The number of aryl methyl sites for hydroxylation is 1. The van der Waals surface area contributed by atoms with Crippen molar-refractivity contribution in [3.63, 3.8) is 0 Å². The summed E-state index contributed by atoms with van der Waals surface area (Å²) in [6.45, 7) is 12.1. The minimum absolute atomic E-state index is 0.533. The van der Waals surface area contributed by atoms with Crippen molar-refractivity contribution in [1.29, 1.82) is 0 Å². The minimum Gasteiger partial charge on any atom is -0.348 e. The molecule has 108 valence electrons. The van der Waals surface area contributed by atoms with Crippen LogP contribution in [0.25, 0.3) is 0 Å². The van der Waals surface area contributed by atoms with Crippen molar-refractivity contribution in [2.75, 3.05) is 18.0 Å². The highest BCUT2D eigenvalue weighted by Gasteiger charge is 2.24. The molecule has 0 saturated carbocycles. The maximum atomic E-state index is 4.77. The Morgan fingerprint density at radius 3 is 2.95 bits per heavy atom. The quantitative estimate of drug-likeness (QED) is 0.864. The van der Waals surface area contributed by atoms with E-state index in [0.29, 0.717) is 6.04 Å². The van der Waals surface area contributed by atoms with E-state index in [1.54, 1.807) is 0 Å². The molecule has 4 heteroatoms. The van der Waals surface area contributed by atoms with Crippen molar-refractivity contribution >= 4 is 16.5 Å². The van der Waals surface area contributed by atoms with E-state index >= 15 is 0 Å². The molecule has 1 unspecified atom stereocenters. The van der Waals surface area contributed by atoms with Crippen LogP contribution in [0.15, 0.2) is 0 Å². The van der Waals surface area contributed by atoms with Crippen LogP contribution in [0.3, 0.4) is 0 Å². The van der Waals surface area contributed by atoms with Gasteiger partial charge < -0.3 is 10.2 Å². The highest BCUT2D eigenvalue weighted by Crippen LogP contribution is 2.31. The number of anilines is 1. The lowest BCUT2D eigenvalue weighted by Crippen LogP contribution is -2.21. The molecular weight excluding hydrogens is 254 g/mol. The van der Waals surface area contributed by atoms with Gasteiger partial charge in [0, 0.05) is 30.6 Å². The second-order valence-corrected chi connectivity index (χ2v) is 6.99. The van der Waals surface area contributed by atoms with Crippen LogP contribution in [-0.2, 0) is 6.54 Å². The molecule has 19 heavy (non-hydrogen) atoms. The van der Waals surface area contributed by atoms with Gasteiger partial charge in [-0.15, -0.1) is 11.3 Å². The van der Waals surface area contributed by atoms with Crippen molar-refractivity contribution in [2.24, 2.45) is 5.92 Å². The molecule has 2 rings (SSSR count). The first-order valence-corrected chi connectivity index (χ1v) is 8.36. The molecule has 0 radical (unpaired) electrons. The van der Waals surface area contributed by atoms with Crippen LogP contribution in [-0.4, -0.2) is 24.1 Å². The Bertz CT molecular complexity index is 400. The van der Waals surface area contributed by atoms with Gasteiger partial charge in [-0.1, -0.05) is 27.2 Å². The van der Waals surface area contributed by atoms with Gasteiger partial charge >= 0.3 is 0 Å². The van der Waals surface area contributed by atoms with Crippen LogP contribution >= 0.6 is 11.3 Å². The maximum absolute atomic E-state index is 4.77. The molecule has 1 aromatic heterocycles. The predicted molar refractivity (Wildman–Crippen MR) is 84.1 cm³/mol. The van der Waals surface area contributed by atoms with Crippen molar-refractivity contribution in [2.45, 2.75) is 59.5 Å². The van der Waals surface area contributed by atoms with E-state index in [4.69, 9.17) is 4.98 Å². The summed E-state index contributed by atoms with van der Waals surface area (Å²) in [6, 6.07) is 0.533. The standard InChI is InChI=1S/C15H27N3S/c1-5-6-13-7-8-18(10-13)15-17-12(4)14(19-15)9-16-11(2)3/h11,13,16H,5-10H2,1-4H3. The molecule has 2 heterocycles. The maximum Gasteiger partial charge on any atom is 0.185 e. The Labute approximate surface area is 121 Å². The fourth-order valence-electron chi connectivity index (χ4n) is 2.66. The van der Waals surface area contributed by atoms with Crippen molar-refractivity contribution in [3.05, 3.63) is 10.6 Å². The predicted octanol–water partition coefficient (Wildman–Crippen LogP) is 3.58. The molecule has 0 bridgehead atoms. The highest BCUT2D eigenvalue weighted by molar-refractivity contribution is 7.15. The molecule has 1 atom stereocenters. The number of nitrogens with zero attached hydrogens (tertiary/aromatic N) is 2. The van der Waals surface area contributed by atoms with E-state index in [2.05, 4.69) is 37.9 Å². The normalized spacial score (nSPS) is 19.6.